The lowest BCUT2D eigenvalue weighted by Gasteiger charge is -2.40. The fourth-order valence-electron chi connectivity index (χ4n) is 4.10. The normalized spacial score (nSPS) is 16.0. The lowest BCUT2D eigenvalue weighted by Crippen LogP contribution is -2.47. The van der Waals surface area contributed by atoms with Gasteiger partial charge in [-0.25, -0.2) is 9.37 Å². The molecule has 9 heteroatoms. The fraction of sp³-hybridized carbons (Fsp3) is 0.273. The van der Waals surface area contributed by atoms with Crippen molar-refractivity contribution in [2.45, 2.75) is 6.04 Å². The molecule has 0 amide bonds. The van der Waals surface area contributed by atoms with Gasteiger partial charge in [0, 0.05) is 31.9 Å². The van der Waals surface area contributed by atoms with E-state index >= 15 is 0 Å². The minimum atomic E-state index is -0.229. The Hall–Kier alpha value is -3.17. The number of aromatic hydroxyl groups is 1. The molecule has 160 valence electrons. The van der Waals surface area contributed by atoms with E-state index in [2.05, 4.69) is 25.9 Å². The first-order chi connectivity index (χ1) is 15.1. The van der Waals surface area contributed by atoms with E-state index in [0.29, 0.717) is 4.96 Å². The predicted molar refractivity (Wildman–Crippen MR) is 118 cm³/mol. The van der Waals surface area contributed by atoms with Crippen molar-refractivity contribution in [1.82, 2.24) is 19.5 Å². The molecule has 2 aromatic heterocycles. The van der Waals surface area contributed by atoms with E-state index in [-0.39, 0.29) is 17.7 Å². The summed E-state index contributed by atoms with van der Waals surface area (Å²) in [6, 6.07) is 14.4. The van der Waals surface area contributed by atoms with Crippen molar-refractivity contribution in [3.8, 4) is 11.6 Å². The monoisotopic (exact) mass is 439 g/mol. The van der Waals surface area contributed by atoms with Gasteiger partial charge in [-0.2, -0.15) is 9.61 Å². The molecule has 5 rings (SSSR count). The molecule has 31 heavy (non-hydrogen) atoms. The first-order valence-corrected chi connectivity index (χ1v) is 10.9. The van der Waals surface area contributed by atoms with E-state index in [9.17, 15) is 9.50 Å². The maximum absolute atomic E-state index is 13.3. The molecular weight excluding hydrogens is 417 g/mol. The van der Waals surface area contributed by atoms with E-state index in [0.717, 1.165) is 48.1 Å². The van der Waals surface area contributed by atoms with Crippen molar-refractivity contribution in [3.05, 3.63) is 71.1 Å². The molecule has 0 radical (unpaired) electrons. The van der Waals surface area contributed by atoms with Crippen molar-refractivity contribution in [2.24, 2.45) is 0 Å². The number of hydrogen-bond acceptors (Lipinski definition) is 7. The molecule has 0 saturated carbocycles. The zero-order valence-electron chi connectivity index (χ0n) is 17.0. The minimum Gasteiger partial charge on any atom is -0.497 e. The number of rotatable bonds is 5. The van der Waals surface area contributed by atoms with E-state index in [1.807, 2.05) is 30.3 Å². The van der Waals surface area contributed by atoms with Crippen LogP contribution in [0, 0.1) is 5.82 Å². The molecule has 1 aliphatic heterocycles. The lowest BCUT2D eigenvalue weighted by atomic mass is 10.0. The van der Waals surface area contributed by atoms with E-state index in [1.54, 1.807) is 7.11 Å². The number of thiazole rings is 1. The van der Waals surface area contributed by atoms with Crippen molar-refractivity contribution < 1.29 is 14.2 Å². The molecule has 0 aliphatic carbocycles. The standard InChI is InChI=1S/C22H22FN5O2S/c1-30-18-4-2-3-15(13-18)19(20-21(29)28-22(31-20)24-14-25-28)27-11-9-26(10-12-27)17-7-5-16(23)6-8-17/h2-8,13-14,19,29H,9-12H2,1H3/t19-/m1/s1. The van der Waals surface area contributed by atoms with Crippen LogP contribution in [0.25, 0.3) is 4.96 Å². The first-order valence-electron chi connectivity index (χ1n) is 10.0. The minimum absolute atomic E-state index is 0.117. The molecule has 1 fully saturated rings. The Kier molecular flexibility index (Phi) is 5.21. The molecule has 0 bridgehead atoms. The third-order valence-electron chi connectivity index (χ3n) is 5.67. The molecule has 1 saturated heterocycles. The average molecular weight is 440 g/mol. The van der Waals surface area contributed by atoms with Gasteiger partial charge in [0.05, 0.1) is 18.0 Å². The summed E-state index contributed by atoms with van der Waals surface area (Å²) in [6.45, 7) is 3.17. The Balaban J connectivity index is 1.47. The Morgan fingerprint density at radius 2 is 1.87 bits per heavy atom. The van der Waals surface area contributed by atoms with E-state index < -0.39 is 0 Å². The Morgan fingerprint density at radius 1 is 1.10 bits per heavy atom. The van der Waals surface area contributed by atoms with Crippen LogP contribution >= 0.6 is 11.3 Å². The number of hydrogen-bond donors (Lipinski definition) is 1. The summed E-state index contributed by atoms with van der Waals surface area (Å²) >= 11 is 1.44. The summed E-state index contributed by atoms with van der Waals surface area (Å²) in [7, 11) is 1.65. The van der Waals surface area contributed by atoms with Gasteiger partial charge < -0.3 is 14.7 Å². The number of benzene rings is 2. The Bertz CT molecular complexity index is 1180. The predicted octanol–water partition coefficient (Wildman–Crippen LogP) is 3.56. The molecule has 0 spiro atoms. The second kappa shape index (κ2) is 8.16. The summed E-state index contributed by atoms with van der Waals surface area (Å²) in [5.41, 5.74) is 2.05. The van der Waals surface area contributed by atoms with Crippen LogP contribution in [-0.2, 0) is 0 Å². The second-order valence-electron chi connectivity index (χ2n) is 7.42. The van der Waals surface area contributed by atoms with Gasteiger partial charge >= 0.3 is 0 Å². The summed E-state index contributed by atoms with van der Waals surface area (Å²) in [4.78, 5) is 10.3. The van der Waals surface area contributed by atoms with Gasteiger partial charge in [0.25, 0.3) is 0 Å². The van der Waals surface area contributed by atoms with Gasteiger partial charge in [0.1, 0.15) is 17.9 Å². The van der Waals surface area contributed by atoms with E-state index in [4.69, 9.17) is 4.74 Å². The molecule has 4 aromatic rings. The van der Waals surface area contributed by atoms with Crippen molar-refractivity contribution >= 4 is 22.0 Å². The van der Waals surface area contributed by atoms with Crippen LogP contribution < -0.4 is 9.64 Å². The molecule has 0 unspecified atom stereocenters. The van der Waals surface area contributed by atoms with Gasteiger partial charge in [-0.05, 0) is 42.0 Å². The number of anilines is 1. The van der Waals surface area contributed by atoms with Crippen LogP contribution in [-0.4, -0.2) is 57.9 Å². The van der Waals surface area contributed by atoms with Crippen LogP contribution in [0.3, 0.4) is 0 Å². The molecule has 1 atom stereocenters. The number of ether oxygens (including phenoxy) is 1. The average Bonchev–Trinajstić information content (AvgIpc) is 3.39. The smallest absolute Gasteiger partial charge is 0.230 e. The van der Waals surface area contributed by atoms with Gasteiger partial charge in [-0.15, -0.1) is 0 Å². The van der Waals surface area contributed by atoms with Crippen LogP contribution in [0.15, 0.2) is 54.9 Å². The molecular formula is C22H22FN5O2S. The zero-order chi connectivity index (χ0) is 21.4. The number of aromatic nitrogens is 3. The van der Waals surface area contributed by atoms with Crippen LogP contribution in [0.5, 0.6) is 11.6 Å². The highest BCUT2D eigenvalue weighted by Gasteiger charge is 2.31. The van der Waals surface area contributed by atoms with Gasteiger partial charge in [-0.3, -0.25) is 4.90 Å². The Labute approximate surface area is 182 Å². The van der Waals surface area contributed by atoms with E-state index in [1.165, 1.54) is 34.3 Å². The number of piperazine rings is 1. The molecule has 2 aromatic carbocycles. The van der Waals surface area contributed by atoms with Gasteiger partial charge in [0.2, 0.25) is 10.8 Å². The highest BCUT2D eigenvalue weighted by molar-refractivity contribution is 7.17. The third-order valence-corrected chi connectivity index (χ3v) is 6.75. The summed E-state index contributed by atoms with van der Waals surface area (Å²) < 4.78 is 20.2. The van der Waals surface area contributed by atoms with Crippen LogP contribution in [0.4, 0.5) is 10.1 Å². The summed E-state index contributed by atoms with van der Waals surface area (Å²) in [5.74, 6) is 0.657. The maximum Gasteiger partial charge on any atom is 0.230 e. The van der Waals surface area contributed by atoms with Crippen molar-refractivity contribution in [1.29, 1.82) is 0 Å². The summed E-state index contributed by atoms with van der Waals surface area (Å²) in [5, 5.41) is 15.0. The van der Waals surface area contributed by atoms with Crippen molar-refractivity contribution in [2.75, 3.05) is 38.2 Å². The van der Waals surface area contributed by atoms with Gasteiger partial charge in [0.15, 0.2) is 0 Å². The molecule has 3 heterocycles. The van der Waals surface area contributed by atoms with Gasteiger partial charge in [-0.1, -0.05) is 23.5 Å². The highest BCUT2D eigenvalue weighted by Crippen LogP contribution is 2.40. The third kappa shape index (κ3) is 3.70. The second-order valence-corrected chi connectivity index (χ2v) is 8.43. The number of nitrogens with zero attached hydrogens (tertiary/aromatic N) is 5. The van der Waals surface area contributed by atoms with Crippen LogP contribution in [0.2, 0.25) is 0 Å². The zero-order valence-corrected chi connectivity index (χ0v) is 17.8. The Morgan fingerprint density at radius 3 is 2.58 bits per heavy atom. The topological polar surface area (TPSA) is 66.1 Å². The fourth-order valence-corrected chi connectivity index (χ4v) is 5.19. The van der Waals surface area contributed by atoms with Crippen molar-refractivity contribution in [3.63, 3.8) is 0 Å². The quantitative estimate of drug-likeness (QED) is 0.513. The SMILES string of the molecule is COc1cccc([C@H](c2sc3ncnn3c2O)N2CCN(c3ccc(F)cc3)CC2)c1. The largest absolute Gasteiger partial charge is 0.497 e. The summed E-state index contributed by atoms with van der Waals surface area (Å²) in [6.07, 6.45) is 1.44. The van der Waals surface area contributed by atoms with Crippen LogP contribution in [0.1, 0.15) is 16.5 Å². The highest BCUT2D eigenvalue weighted by atomic mass is 32.1. The number of halogens is 1. The number of methoxy groups -OCH3 is 1. The lowest BCUT2D eigenvalue weighted by molar-refractivity contribution is 0.211. The molecule has 1 N–H and O–H groups in total. The molecule has 7 nitrogen and oxygen atoms in total. The maximum atomic E-state index is 13.3. The number of fused-ring (bicyclic) bond motifs is 1. The molecule has 1 aliphatic rings. The first kappa shape index (κ1) is 19.8.